The van der Waals surface area contributed by atoms with Gasteiger partial charge in [0.25, 0.3) is 0 Å². The fourth-order valence-electron chi connectivity index (χ4n) is 3.33. The number of hydrogen-bond donors (Lipinski definition) is 1. The summed E-state index contributed by atoms with van der Waals surface area (Å²) in [6.07, 6.45) is 5.09. The second-order valence-electron chi connectivity index (χ2n) is 6.51. The van der Waals surface area contributed by atoms with E-state index in [4.69, 9.17) is 19.7 Å². The van der Waals surface area contributed by atoms with Gasteiger partial charge in [-0.25, -0.2) is 4.98 Å². The molecular formula is C19H25N3O4. The van der Waals surface area contributed by atoms with Crippen LogP contribution in [0.25, 0.3) is 11.5 Å². The number of rotatable bonds is 6. The molecule has 2 aromatic rings. The van der Waals surface area contributed by atoms with Gasteiger partial charge in [0.2, 0.25) is 0 Å². The minimum absolute atomic E-state index is 0.00191. The maximum Gasteiger partial charge on any atom is 0.309 e. The number of nitrogens with zero attached hydrogens (tertiary/aromatic N) is 2. The molecule has 140 valence electrons. The molecule has 2 atom stereocenters. The molecule has 1 fully saturated rings. The molecule has 1 aliphatic rings. The number of carbonyl (C=O) groups excluding carboxylic acids is 1. The van der Waals surface area contributed by atoms with Crippen LogP contribution >= 0.6 is 0 Å². The van der Waals surface area contributed by atoms with Crippen LogP contribution in [0.15, 0.2) is 22.9 Å². The van der Waals surface area contributed by atoms with E-state index in [-0.39, 0.29) is 18.0 Å². The van der Waals surface area contributed by atoms with Crippen LogP contribution in [-0.4, -0.2) is 28.8 Å². The molecule has 0 unspecified atom stereocenters. The number of aromatic nitrogens is 2. The van der Waals surface area contributed by atoms with Crippen LogP contribution in [0, 0.1) is 12.8 Å². The molecule has 0 bridgehead atoms. The maximum absolute atomic E-state index is 11.9. The van der Waals surface area contributed by atoms with Gasteiger partial charge in [-0.1, -0.05) is 5.16 Å². The number of esters is 1. The van der Waals surface area contributed by atoms with Gasteiger partial charge in [-0.3, -0.25) is 4.79 Å². The molecule has 2 aromatic heterocycles. The summed E-state index contributed by atoms with van der Waals surface area (Å²) >= 11 is 0. The summed E-state index contributed by atoms with van der Waals surface area (Å²) in [7, 11) is 0. The van der Waals surface area contributed by atoms with Crippen molar-refractivity contribution in [1.82, 2.24) is 10.1 Å². The number of ether oxygens (including phenoxy) is 2. The van der Waals surface area contributed by atoms with Crippen molar-refractivity contribution in [3.8, 4) is 17.2 Å². The van der Waals surface area contributed by atoms with E-state index in [1.54, 1.807) is 6.20 Å². The third kappa shape index (κ3) is 4.04. The highest BCUT2D eigenvalue weighted by Crippen LogP contribution is 2.30. The van der Waals surface area contributed by atoms with Crippen molar-refractivity contribution >= 4 is 5.97 Å². The number of hydrogen-bond acceptors (Lipinski definition) is 7. The highest BCUT2D eigenvalue weighted by Gasteiger charge is 2.29. The van der Waals surface area contributed by atoms with Crippen molar-refractivity contribution in [3.63, 3.8) is 0 Å². The van der Waals surface area contributed by atoms with Gasteiger partial charge in [-0.15, -0.1) is 0 Å². The Morgan fingerprint density at radius 2 is 2.23 bits per heavy atom. The summed E-state index contributed by atoms with van der Waals surface area (Å²) in [5.74, 6) is 1.07. The molecule has 0 saturated heterocycles. The lowest BCUT2D eigenvalue weighted by molar-refractivity contribution is -0.150. The van der Waals surface area contributed by atoms with E-state index >= 15 is 0 Å². The van der Waals surface area contributed by atoms with Crippen LogP contribution in [0.4, 0.5) is 0 Å². The summed E-state index contributed by atoms with van der Waals surface area (Å²) in [4.78, 5) is 16.4. The standard InChI is InChI=1S/C19H25N3O4/c1-3-24-19(23)13-5-4-6-14(9-13)25-15-7-8-17(21-11-15)18-16(10-20)12(2)22-26-18/h7-8,11,13-14H,3-6,9-10,20H2,1-2H3/t13-,14-/m0/s1. The van der Waals surface area contributed by atoms with Gasteiger partial charge in [-0.05, 0) is 51.7 Å². The quantitative estimate of drug-likeness (QED) is 0.791. The topological polar surface area (TPSA) is 100 Å². The Balaban J connectivity index is 1.65. The third-order valence-electron chi connectivity index (χ3n) is 4.71. The van der Waals surface area contributed by atoms with Crippen LogP contribution < -0.4 is 10.5 Å². The Bertz CT molecular complexity index is 742. The van der Waals surface area contributed by atoms with Crippen molar-refractivity contribution in [2.24, 2.45) is 11.7 Å². The first kappa shape index (κ1) is 18.4. The molecule has 2 heterocycles. The van der Waals surface area contributed by atoms with Gasteiger partial charge in [0, 0.05) is 12.1 Å². The molecule has 0 radical (unpaired) electrons. The number of aryl methyl sites for hydroxylation is 1. The molecule has 7 heteroatoms. The van der Waals surface area contributed by atoms with E-state index in [2.05, 4.69) is 10.1 Å². The van der Waals surface area contributed by atoms with Crippen molar-refractivity contribution < 1.29 is 18.8 Å². The lowest BCUT2D eigenvalue weighted by Gasteiger charge is -2.28. The van der Waals surface area contributed by atoms with Crippen LogP contribution in [0.5, 0.6) is 5.75 Å². The third-order valence-corrected chi connectivity index (χ3v) is 4.71. The zero-order valence-electron chi connectivity index (χ0n) is 15.2. The zero-order chi connectivity index (χ0) is 18.5. The van der Waals surface area contributed by atoms with Crippen LogP contribution in [0.3, 0.4) is 0 Å². The molecule has 1 aliphatic carbocycles. The van der Waals surface area contributed by atoms with Gasteiger partial charge in [0.1, 0.15) is 11.4 Å². The van der Waals surface area contributed by atoms with Gasteiger partial charge >= 0.3 is 5.97 Å². The van der Waals surface area contributed by atoms with Gasteiger partial charge in [-0.2, -0.15) is 0 Å². The molecule has 7 nitrogen and oxygen atoms in total. The van der Waals surface area contributed by atoms with Crippen LogP contribution in [0.2, 0.25) is 0 Å². The molecule has 2 N–H and O–H groups in total. The predicted molar refractivity (Wildman–Crippen MR) is 95.4 cm³/mol. The lowest BCUT2D eigenvalue weighted by atomic mass is 9.87. The van der Waals surface area contributed by atoms with Crippen LogP contribution in [-0.2, 0) is 16.1 Å². The minimum Gasteiger partial charge on any atom is -0.489 e. The minimum atomic E-state index is -0.121. The molecule has 0 amide bonds. The van der Waals surface area contributed by atoms with Crippen molar-refractivity contribution in [1.29, 1.82) is 0 Å². The summed E-state index contributed by atoms with van der Waals surface area (Å²) in [5, 5.41) is 3.95. The fraction of sp³-hybridized carbons (Fsp3) is 0.526. The summed E-state index contributed by atoms with van der Waals surface area (Å²) in [6.45, 7) is 4.45. The monoisotopic (exact) mass is 359 g/mol. The number of nitrogens with two attached hydrogens (primary N) is 1. The Morgan fingerprint density at radius 1 is 1.38 bits per heavy atom. The van der Waals surface area contributed by atoms with Gasteiger partial charge in [0.15, 0.2) is 5.76 Å². The van der Waals surface area contributed by atoms with Gasteiger partial charge in [0.05, 0.1) is 30.5 Å². The Kier molecular flexibility index (Phi) is 5.88. The first-order chi connectivity index (χ1) is 12.6. The number of pyridine rings is 1. The Labute approximate surface area is 152 Å². The van der Waals surface area contributed by atoms with E-state index in [0.29, 0.717) is 36.8 Å². The fourth-order valence-corrected chi connectivity index (χ4v) is 3.33. The molecule has 0 aliphatic heterocycles. The Morgan fingerprint density at radius 3 is 2.92 bits per heavy atom. The molecule has 3 rings (SSSR count). The summed E-state index contributed by atoms with van der Waals surface area (Å²) in [5.41, 5.74) is 8.06. The van der Waals surface area contributed by atoms with Crippen molar-refractivity contribution in [2.75, 3.05) is 6.61 Å². The molecule has 1 saturated carbocycles. The second kappa shape index (κ2) is 8.31. The van der Waals surface area contributed by atoms with Gasteiger partial charge < -0.3 is 19.7 Å². The predicted octanol–water partition coefficient (Wildman–Crippen LogP) is 3.00. The van der Waals surface area contributed by atoms with E-state index < -0.39 is 0 Å². The lowest BCUT2D eigenvalue weighted by Crippen LogP contribution is -2.30. The normalized spacial score (nSPS) is 20.0. The summed E-state index contributed by atoms with van der Waals surface area (Å²) in [6, 6.07) is 3.69. The van der Waals surface area contributed by atoms with E-state index in [0.717, 1.165) is 30.5 Å². The maximum atomic E-state index is 11.9. The smallest absolute Gasteiger partial charge is 0.309 e. The van der Waals surface area contributed by atoms with Crippen LogP contribution in [0.1, 0.15) is 43.9 Å². The molecule has 26 heavy (non-hydrogen) atoms. The highest BCUT2D eigenvalue weighted by atomic mass is 16.5. The van der Waals surface area contributed by atoms with Crippen molar-refractivity contribution in [2.45, 2.75) is 52.2 Å². The first-order valence-electron chi connectivity index (χ1n) is 9.07. The largest absolute Gasteiger partial charge is 0.489 e. The molecular weight excluding hydrogens is 334 g/mol. The SMILES string of the molecule is CCOC(=O)[C@H]1CCC[C@H](Oc2ccc(-c3onc(C)c3CN)nc2)C1. The average molecular weight is 359 g/mol. The first-order valence-corrected chi connectivity index (χ1v) is 9.07. The second-order valence-corrected chi connectivity index (χ2v) is 6.51. The average Bonchev–Trinajstić information content (AvgIpc) is 3.03. The molecule has 0 spiro atoms. The van der Waals surface area contributed by atoms with E-state index in [9.17, 15) is 4.79 Å². The number of carbonyl (C=O) groups is 1. The summed E-state index contributed by atoms with van der Waals surface area (Å²) < 4.78 is 16.5. The zero-order valence-corrected chi connectivity index (χ0v) is 15.2. The highest BCUT2D eigenvalue weighted by molar-refractivity contribution is 5.72. The van der Waals surface area contributed by atoms with E-state index in [1.165, 1.54) is 0 Å². The van der Waals surface area contributed by atoms with Crippen molar-refractivity contribution in [3.05, 3.63) is 29.6 Å². The Hall–Kier alpha value is -2.41. The van der Waals surface area contributed by atoms with E-state index in [1.807, 2.05) is 26.0 Å². The molecule has 0 aromatic carbocycles.